The third kappa shape index (κ3) is 5.48. The molecular weight excluding hydrogens is 446 g/mol. The molecule has 0 aliphatic carbocycles. The molecule has 0 spiro atoms. The lowest BCUT2D eigenvalue weighted by molar-refractivity contribution is -0.384. The summed E-state index contributed by atoms with van der Waals surface area (Å²) in [6, 6.07) is 19.0. The number of carbonyl (C=O) groups is 2. The lowest BCUT2D eigenvalue weighted by Crippen LogP contribution is -2.28. The van der Waals surface area contributed by atoms with Crippen LogP contribution in [0.4, 0.5) is 17.1 Å². The van der Waals surface area contributed by atoms with Gasteiger partial charge in [-0.05, 0) is 66.4 Å². The molecule has 0 bridgehead atoms. The molecular formula is C27H27N3O5. The highest BCUT2D eigenvalue weighted by atomic mass is 16.6. The first-order valence-corrected chi connectivity index (χ1v) is 11.5. The number of hydrogen-bond acceptors (Lipinski definition) is 5. The molecule has 35 heavy (non-hydrogen) atoms. The average Bonchev–Trinajstić information content (AvgIpc) is 3.22. The molecule has 1 atom stereocenters. The van der Waals surface area contributed by atoms with Crippen molar-refractivity contribution in [3.63, 3.8) is 0 Å². The minimum atomic E-state index is -0.519. The molecule has 8 nitrogen and oxygen atoms in total. The van der Waals surface area contributed by atoms with Gasteiger partial charge in [0.2, 0.25) is 11.8 Å². The summed E-state index contributed by atoms with van der Waals surface area (Å²) in [5, 5.41) is 13.7. The molecule has 0 radical (unpaired) electrons. The fraction of sp³-hybridized carbons (Fsp3) is 0.259. The Balaban J connectivity index is 1.39. The fourth-order valence-corrected chi connectivity index (χ4v) is 4.07. The number of benzene rings is 3. The first kappa shape index (κ1) is 23.9. The first-order chi connectivity index (χ1) is 16.7. The number of rotatable bonds is 7. The zero-order valence-electron chi connectivity index (χ0n) is 19.9. The van der Waals surface area contributed by atoms with Gasteiger partial charge in [-0.15, -0.1) is 0 Å². The SMILES string of the molecule is Cc1ccc(C(C)C)c(Oc2ccc(NC(=O)[C@H]3CC(=O)N(c4ccc([N+](=O)[O-])cc4)C3)cc2)c1. The maximum Gasteiger partial charge on any atom is 0.269 e. The normalized spacial score (nSPS) is 15.4. The highest BCUT2D eigenvalue weighted by Gasteiger charge is 2.35. The van der Waals surface area contributed by atoms with E-state index in [9.17, 15) is 19.7 Å². The van der Waals surface area contributed by atoms with Crippen LogP contribution in [0.2, 0.25) is 0 Å². The van der Waals surface area contributed by atoms with Crippen LogP contribution in [0.25, 0.3) is 0 Å². The highest BCUT2D eigenvalue weighted by Crippen LogP contribution is 2.32. The van der Waals surface area contributed by atoms with E-state index in [0.29, 0.717) is 23.0 Å². The number of non-ortho nitro benzene ring substituents is 1. The van der Waals surface area contributed by atoms with Crippen molar-refractivity contribution in [2.45, 2.75) is 33.1 Å². The van der Waals surface area contributed by atoms with Crippen molar-refractivity contribution < 1.29 is 19.2 Å². The van der Waals surface area contributed by atoms with E-state index >= 15 is 0 Å². The van der Waals surface area contributed by atoms with Gasteiger partial charge in [-0.2, -0.15) is 0 Å². The van der Waals surface area contributed by atoms with Crippen LogP contribution in [0.15, 0.2) is 66.7 Å². The third-order valence-corrected chi connectivity index (χ3v) is 6.01. The van der Waals surface area contributed by atoms with Gasteiger partial charge in [0, 0.05) is 36.5 Å². The van der Waals surface area contributed by atoms with Crippen LogP contribution >= 0.6 is 0 Å². The molecule has 4 rings (SSSR count). The first-order valence-electron chi connectivity index (χ1n) is 11.5. The molecule has 1 saturated heterocycles. The van der Waals surface area contributed by atoms with Gasteiger partial charge >= 0.3 is 0 Å². The Labute approximate surface area is 203 Å². The van der Waals surface area contributed by atoms with Crippen LogP contribution < -0.4 is 15.0 Å². The zero-order valence-corrected chi connectivity index (χ0v) is 19.9. The number of amides is 2. The van der Waals surface area contributed by atoms with Gasteiger partial charge in [0.25, 0.3) is 5.69 Å². The highest BCUT2D eigenvalue weighted by molar-refractivity contribution is 6.03. The third-order valence-electron chi connectivity index (χ3n) is 6.01. The Morgan fingerprint density at radius 3 is 2.40 bits per heavy atom. The Morgan fingerprint density at radius 2 is 1.77 bits per heavy atom. The zero-order chi connectivity index (χ0) is 25.1. The number of anilines is 2. The van der Waals surface area contributed by atoms with Crippen molar-refractivity contribution in [1.29, 1.82) is 0 Å². The van der Waals surface area contributed by atoms with Crippen LogP contribution in [0.1, 0.15) is 37.3 Å². The van der Waals surface area contributed by atoms with Crippen molar-refractivity contribution in [1.82, 2.24) is 0 Å². The number of carbonyl (C=O) groups excluding carboxylic acids is 2. The maximum absolute atomic E-state index is 12.8. The Kier molecular flexibility index (Phi) is 6.82. The molecule has 3 aromatic carbocycles. The van der Waals surface area contributed by atoms with Gasteiger partial charge in [-0.25, -0.2) is 0 Å². The number of nitrogens with one attached hydrogen (secondary N) is 1. The van der Waals surface area contributed by atoms with Gasteiger partial charge < -0.3 is 15.0 Å². The van der Waals surface area contributed by atoms with Gasteiger partial charge in [0.05, 0.1) is 10.8 Å². The number of nitro benzene ring substituents is 1. The summed E-state index contributed by atoms with van der Waals surface area (Å²) in [6.45, 7) is 6.47. The van der Waals surface area contributed by atoms with Gasteiger partial charge in [0.15, 0.2) is 0 Å². The van der Waals surface area contributed by atoms with Crippen molar-refractivity contribution in [2.75, 3.05) is 16.8 Å². The summed E-state index contributed by atoms with van der Waals surface area (Å²) in [4.78, 5) is 37.1. The van der Waals surface area contributed by atoms with Crippen molar-refractivity contribution >= 4 is 28.9 Å². The molecule has 1 N–H and O–H groups in total. The molecule has 0 aromatic heterocycles. The van der Waals surface area contributed by atoms with Crippen LogP contribution in [-0.2, 0) is 9.59 Å². The van der Waals surface area contributed by atoms with Gasteiger partial charge in [0.1, 0.15) is 11.5 Å². The van der Waals surface area contributed by atoms with Crippen LogP contribution in [0.3, 0.4) is 0 Å². The van der Waals surface area contributed by atoms with Crippen LogP contribution in [0, 0.1) is 23.0 Å². The molecule has 8 heteroatoms. The molecule has 2 amide bonds. The minimum Gasteiger partial charge on any atom is -0.457 e. The van der Waals surface area contributed by atoms with E-state index < -0.39 is 10.8 Å². The van der Waals surface area contributed by atoms with Crippen molar-refractivity contribution in [3.8, 4) is 11.5 Å². The number of aryl methyl sites for hydroxylation is 1. The van der Waals surface area contributed by atoms with E-state index in [4.69, 9.17) is 4.74 Å². The largest absolute Gasteiger partial charge is 0.457 e. The Bertz CT molecular complexity index is 1250. The monoisotopic (exact) mass is 473 g/mol. The minimum absolute atomic E-state index is 0.0510. The Morgan fingerprint density at radius 1 is 1.09 bits per heavy atom. The van der Waals surface area contributed by atoms with Gasteiger partial charge in [-0.1, -0.05) is 26.0 Å². The summed E-state index contributed by atoms with van der Waals surface area (Å²) >= 11 is 0. The second-order valence-corrected chi connectivity index (χ2v) is 8.99. The molecule has 0 saturated carbocycles. The molecule has 180 valence electrons. The van der Waals surface area contributed by atoms with Crippen LogP contribution in [0.5, 0.6) is 11.5 Å². The number of nitro groups is 1. The fourth-order valence-electron chi connectivity index (χ4n) is 4.07. The maximum atomic E-state index is 12.8. The standard InChI is InChI=1S/C27H27N3O5/c1-17(2)24-13-4-18(3)14-25(24)35-23-11-5-20(6-12-23)28-27(32)19-15-26(31)29(16-19)21-7-9-22(10-8-21)30(33)34/h4-14,17,19H,15-16H2,1-3H3,(H,28,32)/t19-/m0/s1. The van der Waals surface area contributed by atoms with E-state index in [-0.39, 0.29) is 30.5 Å². The lowest BCUT2D eigenvalue weighted by Gasteiger charge is -2.17. The number of nitrogens with zero attached hydrogens (tertiary/aromatic N) is 2. The van der Waals surface area contributed by atoms with E-state index in [2.05, 4.69) is 31.3 Å². The number of hydrogen-bond donors (Lipinski definition) is 1. The molecule has 1 aliphatic rings. The van der Waals surface area contributed by atoms with Gasteiger partial charge in [-0.3, -0.25) is 19.7 Å². The molecule has 0 unspecified atom stereocenters. The van der Waals surface area contributed by atoms with E-state index in [1.807, 2.05) is 13.0 Å². The summed E-state index contributed by atoms with van der Waals surface area (Å²) in [5.74, 6) is 0.834. The summed E-state index contributed by atoms with van der Waals surface area (Å²) in [5.41, 5.74) is 3.33. The smallest absolute Gasteiger partial charge is 0.269 e. The second kappa shape index (κ2) is 9.97. The Hall–Kier alpha value is -4.20. The van der Waals surface area contributed by atoms with E-state index in [1.54, 1.807) is 24.3 Å². The molecule has 3 aromatic rings. The molecule has 1 heterocycles. The summed E-state index contributed by atoms with van der Waals surface area (Å²) in [7, 11) is 0. The summed E-state index contributed by atoms with van der Waals surface area (Å²) in [6.07, 6.45) is 0.0787. The molecule has 1 aliphatic heterocycles. The van der Waals surface area contributed by atoms with E-state index in [0.717, 1.165) is 16.9 Å². The second-order valence-electron chi connectivity index (χ2n) is 8.99. The lowest BCUT2D eigenvalue weighted by atomic mass is 10.0. The van der Waals surface area contributed by atoms with Crippen LogP contribution in [-0.4, -0.2) is 23.3 Å². The quantitative estimate of drug-likeness (QED) is 0.345. The van der Waals surface area contributed by atoms with Crippen molar-refractivity contribution in [3.05, 3.63) is 88.0 Å². The van der Waals surface area contributed by atoms with E-state index in [1.165, 1.54) is 29.2 Å². The average molecular weight is 474 g/mol. The predicted molar refractivity (Wildman–Crippen MR) is 134 cm³/mol. The summed E-state index contributed by atoms with van der Waals surface area (Å²) < 4.78 is 6.11. The molecule has 1 fully saturated rings. The predicted octanol–water partition coefficient (Wildman–Crippen LogP) is 5.81. The number of ether oxygens (including phenoxy) is 1. The topological polar surface area (TPSA) is 102 Å². The van der Waals surface area contributed by atoms with Crippen molar-refractivity contribution in [2.24, 2.45) is 5.92 Å².